The highest BCUT2D eigenvalue weighted by Crippen LogP contribution is 2.39. The Morgan fingerprint density at radius 3 is 2.44 bits per heavy atom. The van der Waals surface area contributed by atoms with Crippen molar-refractivity contribution in [3.63, 3.8) is 0 Å². The standard InChI is InChI=1S/C13H13ClN2O2/c14-12-15-11(16-18-12)13(6-8-17-9-7-13)10-4-2-1-3-5-10/h1-5H,6-9H2. The Bertz CT molecular complexity index is 521. The summed E-state index contributed by atoms with van der Waals surface area (Å²) in [5.74, 6) is 0.655. The Balaban J connectivity index is 2.09. The lowest BCUT2D eigenvalue weighted by Gasteiger charge is -2.34. The summed E-state index contributed by atoms with van der Waals surface area (Å²) in [6, 6.07) is 10.2. The smallest absolute Gasteiger partial charge is 0.320 e. The van der Waals surface area contributed by atoms with Gasteiger partial charge in [-0.3, -0.25) is 0 Å². The molecule has 0 saturated carbocycles. The predicted molar refractivity (Wildman–Crippen MR) is 66.6 cm³/mol. The average Bonchev–Trinajstić information content (AvgIpc) is 2.88. The molecule has 5 heteroatoms. The summed E-state index contributed by atoms with van der Waals surface area (Å²) in [4.78, 5) is 4.22. The lowest BCUT2D eigenvalue weighted by atomic mass is 9.73. The number of aromatic nitrogens is 2. The van der Waals surface area contributed by atoms with E-state index in [2.05, 4.69) is 22.3 Å². The molecule has 0 N–H and O–H groups in total. The van der Waals surface area contributed by atoms with Gasteiger partial charge in [-0.05, 0) is 30.0 Å². The van der Waals surface area contributed by atoms with Crippen molar-refractivity contribution in [1.29, 1.82) is 0 Å². The summed E-state index contributed by atoms with van der Waals surface area (Å²) >= 11 is 5.76. The zero-order valence-corrected chi connectivity index (χ0v) is 10.6. The third-order valence-corrected chi connectivity index (χ3v) is 3.66. The van der Waals surface area contributed by atoms with E-state index in [0.29, 0.717) is 19.0 Å². The molecule has 1 aliphatic rings. The van der Waals surface area contributed by atoms with Gasteiger partial charge >= 0.3 is 5.35 Å². The highest BCUT2D eigenvalue weighted by molar-refractivity contribution is 6.27. The molecule has 1 aromatic carbocycles. The molecular weight excluding hydrogens is 252 g/mol. The van der Waals surface area contributed by atoms with Gasteiger partial charge in [0.1, 0.15) is 0 Å². The maximum Gasteiger partial charge on any atom is 0.320 e. The summed E-state index contributed by atoms with van der Waals surface area (Å²) in [7, 11) is 0. The summed E-state index contributed by atoms with van der Waals surface area (Å²) in [5.41, 5.74) is 0.946. The first-order valence-corrected chi connectivity index (χ1v) is 6.32. The van der Waals surface area contributed by atoms with Crippen LogP contribution >= 0.6 is 11.6 Å². The zero-order chi connectivity index (χ0) is 12.4. The lowest BCUT2D eigenvalue weighted by Crippen LogP contribution is -2.36. The monoisotopic (exact) mass is 264 g/mol. The molecule has 0 radical (unpaired) electrons. The van der Waals surface area contributed by atoms with E-state index in [1.54, 1.807) is 0 Å². The quantitative estimate of drug-likeness (QED) is 0.837. The van der Waals surface area contributed by atoms with Crippen LogP contribution in [0.5, 0.6) is 0 Å². The van der Waals surface area contributed by atoms with Crippen molar-refractivity contribution in [2.75, 3.05) is 13.2 Å². The first kappa shape index (κ1) is 11.7. The van der Waals surface area contributed by atoms with Crippen LogP contribution in [0.1, 0.15) is 24.2 Å². The van der Waals surface area contributed by atoms with Gasteiger partial charge in [0.2, 0.25) is 0 Å². The second-order valence-corrected chi connectivity index (χ2v) is 4.75. The molecular formula is C13H13ClN2O2. The van der Waals surface area contributed by atoms with Crippen molar-refractivity contribution in [3.05, 3.63) is 47.1 Å². The Hall–Kier alpha value is -1.39. The molecule has 2 aromatic rings. The van der Waals surface area contributed by atoms with Crippen LogP contribution in [0, 0.1) is 0 Å². The van der Waals surface area contributed by atoms with Gasteiger partial charge in [-0.2, -0.15) is 4.98 Å². The first-order chi connectivity index (χ1) is 8.81. The first-order valence-electron chi connectivity index (χ1n) is 5.94. The Morgan fingerprint density at radius 2 is 1.83 bits per heavy atom. The molecule has 0 atom stereocenters. The molecule has 0 amide bonds. The molecule has 2 heterocycles. The molecule has 1 fully saturated rings. The molecule has 94 valence electrons. The number of hydrogen-bond donors (Lipinski definition) is 0. The van der Waals surface area contributed by atoms with E-state index >= 15 is 0 Å². The maximum absolute atomic E-state index is 5.76. The second kappa shape index (κ2) is 4.71. The molecule has 1 saturated heterocycles. The highest BCUT2D eigenvalue weighted by Gasteiger charge is 2.40. The number of halogens is 1. The molecule has 4 nitrogen and oxygen atoms in total. The molecule has 0 bridgehead atoms. The van der Waals surface area contributed by atoms with Crippen LogP contribution in [0.4, 0.5) is 0 Å². The van der Waals surface area contributed by atoms with Gasteiger partial charge in [0.05, 0.1) is 5.41 Å². The number of hydrogen-bond acceptors (Lipinski definition) is 4. The van der Waals surface area contributed by atoms with E-state index < -0.39 is 0 Å². The average molecular weight is 265 g/mol. The minimum Gasteiger partial charge on any atom is -0.381 e. The minimum absolute atomic E-state index is 0.0896. The number of benzene rings is 1. The van der Waals surface area contributed by atoms with Gasteiger partial charge < -0.3 is 9.26 Å². The lowest BCUT2D eigenvalue weighted by molar-refractivity contribution is 0.0597. The summed E-state index contributed by atoms with van der Waals surface area (Å²) in [5, 5.41) is 4.10. The SMILES string of the molecule is Clc1nc(C2(c3ccccc3)CCOCC2)no1. The predicted octanol–water partition coefficient (Wildman–Crippen LogP) is 2.82. The molecule has 1 aromatic heterocycles. The van der Waals surface area contributed by atoms with Crippen LogP contribution < -0.4 is 0 Å². The topological polar surface area (TPSA) is 48.2 Å². The van der Waals surface area contributed by atoms with Crippen LogP contribution in [0.3, 0.4) is 0 Å². The van der Waals surface area contributed by atoms with Crippen molar-refractivity contribution < 1.29 is 9.26 Å². The molecule has 0 spiro atoms. The van der Waals surface area contributed by atoms with Crippen LogP contribution in [0.15, 0.2) is 34.9 Å². The summed E-state index contributed by atoms with van der Waals surface area (Å²) in [6.45, 7) is 1.39. The highest BCUT2D eigenvalue weighted by atomic mass is 35.5. The largest absolute Gasteiger partial charge is 0.381 e. The number of ether oxygens (including phenoxy) is 1. The summed E-state index contributed by atoms with van der Waals surface area (Å²) in [6.07, 6.45) is 1.68. The number of nitrogens with zero attached hydrogens (tertiary/aromatic N) is 2. The van der Waals surface area contributed by atoms with Crippen molar-refractivity contribution in [2.45, 2.75) is 18.3 Å². The Kier molecular flexibility index (Phi) is 3.06. The van der Waals surface area contributed by atoms with E-state index in [0.717, 1.165) is 12.8 Å². The van der Waals surface area contributed by atoms with E-state index in [9.17, 15) is 0 Å². The van der Waals surface area contributed by atoms with Gasteiger partial charge in [-0.25, -0.2) is 0 Å². The third kappa shape index (κ3) is 1.91. The van der Waals surface area contributed by atoms with Crippen LogP contribution in [0.25, 0.3) is 0 Å². The second-order valence-electron chi connectivity index (χ2n) is 4.43. The van der Waals surface area contributed by atoms with Crippen LogP contribution in [-0.2, 0) is 10.2 Å². The molecule has 3 rings (SSSR count). The van der Waals surface area contributed by atoms with Crippen LogP contribution in [-0.4, -0.2) is 23.4 Å². The Morgan fingerprint density at radius 1 is 1.11 bits per heavy atom. The minimum atomic E-state index is -0.240. The zero-order valence-electron chi connectivity index (χ0n) is 9.80. The van der Waals surface area contributed by atoms with Crippen LogP contribution in [0.2, 0.25) is 5.35 Å². The Labute approximate surface area is 110 Å². The fourth-order valence-electron chi connectivity index (χ4n) is 2.52. The van der Waals surface area contributed by atoms with Crippen molar-refractivity contribution in [2.24, 2.45) is 0 Å². The van der Waals surface area contributed by atoms with Crippen molar-refractivity contribution >= 4 is 11.6 Å². The molecule has 1 aliphatic heterocycles. The fourth-order valence-corrected chi connectivity index (χ4v) is 2.63. The third-order valence-electron chi connectivity index (χ3n) is 3.50. The van der Waals surface area contributed by atoms with E-state index in [1.807, 2.05) is 18.2 Å². The fraction of sp³-hybridized carbons (Fsp3) is 0.385. The molecule has 0 unspecified atom stereocenters. The van der Waals surface area contributed by atoms with Crippen molar-refractivity contribution in [3.8, 4) is 0 Å². The number of rotatable bonds is 2. The van der Waals surface area contributed by atoms with E-state index in [4.69, 9.17) is 20.9 Å². The van der Waals surface area contributed by atoms with Gasteiger partial charge in [0.25, 0.3) is 0 Å². The van der Waals surface area contributed by atoms with Gasteiger partial charge in [0, 0.05) is 13.2 Å². The van der Waals surface area contributed by atoms with Gasteiger partial charge in [-0.15, -0.1) is 0 Å². The van der Waals surface area contributed by atoms with Gasteiger partial charge in [0.15, 0.2) is 5.82 Å². The normalized spacial score (nSPS) is 18.7. The van der Waals surface area contributed by atoms with E-state index in [1.165, 1.54) is 5.56 Å². The van der Waals surface area contributed by atoms with Gasteiger partial charge in [-0.1, -0.05) is 35.5 Å². The molecule has 18 heavy (non-hydrogen) atoms. The maximum atomic E-state index is 5.76. The van der Waals surface area contributed by atoms with Crippen molar-refractivity contribution in [1.82, 2.24) is 10.1 Å². The summed E-state index contributed by atoms with van der Waals surface area (Å²) < 4.78 is 10.4. The molecule has 0 aliphatic carbocycles. The van der Waals surface area contributed by atoms with E-state index in [-0.39, 0.29) is 10.8 Å².